The van der Waals surface area contributed by atoms with Crippen LogP contribution >= 0.6 is 0 Å². The van der Waals surface area contributed by atoms with Crippen molar-refractivity contribution in [3.05, 3.63) is 41.7 Å². The Kier molecular flexibility index (Phi) is 3.22. The van der Waals surface area contributed by atoms with E-state index in [1.807, 2.05) is 30.3 Å². The highest BCUT2D eigenvalue weighted by atomic mass is 16.5. The highest BCUT2D eigenvalue weighted by Crippen LogP contribution is 2.27. The van der Waals surface area contributed by atoms with Crippen LogP contribution in [0.3, 0.4) is 0 Å². The summed E-state index contributed by atoms with van der Waals surface area (Å²) in [5, 5.41) is 0. The number of amides is 1. The summed E-state index contributed by atoms with van der Waals surface area (Å²) in [7, 11) is 0. The zero-order chi connectivity index (χ0) is 11.4. The Morgan fingerprint density at radius 1 is 1.44 bits per heavy atom. The number of allylic oxidation sites excluding steroid dienone is 2. The minimum absolute atomic E-state index is 0.177. The number of benzene rings is 1. The number of hydrazine groups is 1. The summed E-state index contributed by atoms with van der Waals surface area (Å²) in [6, 6.07) is 7.90. The molecule has 1 aliphatic heterocycles. The molecule has 0 saturated carbocycles. The number of fused-ring (bicyclic) bond motifs is 1. The van der Waals surface area contributed by atoms with Crippen LogP contribution in [0.4, 0.5) is 0 Å². The Balaban J connectivity index is 1.96. The van der Waals surface area contributed by atoms with Crippen LogP contribution in [0.2, 0.25) is 0 Å². The van der Waals surface area contributed by atoms with Crippen LogP contribution in [0.15, 0.2) is 36.1 Å². The normalized spacial score (nSPS) is 13.4. The van der Waals surface area contributed by atoms with E-state index in [0.717, 1.165) is 17.9 Å². The first-order chi connectivity index (χ1) is 7.79. The molecule has 1 aliphatic rings. The van der Waals surface area contributed by atoms with E-state index in [4.69, 9.17) is 10.6 Å². The predicted octanol–water partition coefficient (Wildman–Crippen LogP) is 1.28. The number of para-hydroxylation sites is 1. The fourth-order valence-electron chi connectivity index (χ4n) is 1.64. The van der Waals surface area contributed by atoms with E-state index in [1.54, 1.807) is 0 Å². The molecule has 1 aromatic carbocycles. The topological polar surface area (TPSA) is 64.3 Å². The molecule has 0 bridgehead atoms. The van der Waals surface area contributed by atoms with Gasteiger partial charge in [-0.15, -0.1) is 0 Å². The zero-order valence-corrected chi connectivity index (χ0v) is 8.90. The van der Waals surface area contributed by atoms with Crippen molar-refractivity contribution in [2.75, 3.05) is 0 Å². The third-order valence-electron chi connectivity index (χ3n) is 2.52. The summed E-state index contributed by atoms with van der Waals surface area (Å²) in [5.74, 6) is 6.54. The first kappa shape index (κ1) is 10.7. The Labute approximate surface area is 94.1 Å². The first-order valence-corrected chi connectivity index (χ1v) is 5.24. The van der Waals surface area contributed by atoms with Crippen molar-refractivity contribution in [1.29, 1.82) is 0 Å². The number of hydrogen-bond donors (Lipinski definition) is 2. The molecule has 4 heteroatoms. The SMILES string of the molecule is NNC(=O)CCC1=CCc2ccccc2O1. The second-order valence-corrected chi connectivity index (χ2v) is 3.65. The number of rotatable bonds is 3. The Hall–Kier alpha value is -1.81. The number of nitrogens with one attached hydrogen (secondary N) is 1. The quantitative estimate of drug-likeness (QED) is 0.456. The van der Waals surface area contributed by atoms with Crippen molar-refractivity contribution in [2.45, 2.75) is 19.3 Å². The highest BCUT2D eigenvalue weighted by molar-refractivity contribution is 5.75. The molecule has 16 heavy (non-hydrogen) atoms. The minimum Gasteiger partial charge on any atom is -0.462 e. The van der Waals surface area contributed by atoms with E-state index >= 15 is 0 Å². The van der Waals surface area contributed by atoms with Crippen LogP contribution in [-0.4, -0.2) is 5.91 Å². The summed E-state index contributed by atoms with van der Waals surface area (Å²) in [4.78, 5) is 11.0. The number of ether oxygens (including phenoxy) is 1. The van der Waals surface area contributed by atoms with Gasteiger partial charge in [0.15, 0.2) is 0 Å². The van der Waals surface area contributed by atoms with Gasteiger partial charge < -0.3 is 4.74 Å². The number of carbonyl (C=O) groups is 1. The smallest absolute Gasteiger partial charge is 0.234 e. The number of carbonyl (C=O) groups excluding carboxylic acids is 1. The Bertz CT molecular complexity index is 427. The van der Waals surface area contributed by atoms with Crippen LogP contribution in [0.5, 0.6) is 5.75 Å². The van der Waals surface area contributed by atoms with Crippen molar-refractivity contribution in [3.63, 3.8) is 0 Å². The molecule has 0 spiro atoms. The molecule has 4 nitrogen and oxygen atoms in total. The number of nitrogens with two attached hydrogens (primary N) is 1. The summed E-state index contributed by atoms with van der Waals surface area (Å²) >= 11 is 0. The van der Waals surface area contributed by atoms with E-state index in [-0.39, 0.29) is 5.91 Å². The molecule has 0 aliphatic carbocycles. The molecule has 1 amide bonds. The van der Waals surface area contributed by atoms with Gasteiger partial charge in [0, 0.05) is 12.8 Å². The molecule has 0 aromatic heterocycles. The molecular weight excluding hydrogens is 204 g/mol. The molecule has 0 atom stereocenters. The average Bonchev–Trinajstić information content (AvgIpc) is 2.35. The highest BCUT2D eigenvalue weighted by Gasteiger charge is 2.12. The van der Waals surface area contributed by atoms with Gasteiger partial charge in [-0.3, -0.25) is 10.2 Å². The van der Waals surface area contributed by atoms with Gasteiger partial charge in [-0.2, -0.15) is 0 Å². The van der Waals surface area contributed by atoms with Crippen molar-refractivity contribution < 1.29 is 9.53 Å². The van der Waals surface area contributed by atoms with Gasteiger partial charge in [0.05, 0.1) is 0 Å². The molecule has 0 unspecified atom stereocenters. The summed E-state index contributed by atoms with van der Waals surface area (Å²) in [6.07, 6.45) is 3.80. The molecule has 0 radical (unpaired) electrons. The Morgan fingerprint density at radius 2 is 2.25 bits per heavy atom. The van der Waals surface area contributed by atoms with E-state index in [0.29, 0.717) is 12.8 Å². The van der Waals surface area contributed by atoms with Gasteiger partial charge in [0.1, 0.15) is 11.5 Å². The molecular formula is C12H14N2O2. The maximum Gasteiger partial charge on any atom is 0.234 e. The van der Waals surface area contributed by atoms with Gasteiger partial charge in [-0.1, -0.05) is 18.2 Å². The number of hydrogen-bond acceptors (Lipinski definition) is 3. The maximum absolute atomic E-state index is 11.0. The third kappa shape index (κ3) is 2.41. The molecule has 3 N–H and O–H groups in total. The van der Waals surface area contributed by atoms with E-state index in [1.165, 1.54) is 5.56 Å². The van der Waals surface area contributed by atoms with Gasteiger partial charge in [-0.05, 0) is 24.1 Å². The fraction of sp³-hybridized carbons (Fsp3) is 0.250. The van der Waals surface area contributed by atoms with Crippen LogP contribution in [0.25, 0.3) is 0 Å². The molecule has 0 fully saturated rings. The summed E-state index contributed by atoms with van der Waals surface area (Å²) in [5.41, 5.74) is 3.28. The minimum atomic E-state index is -0.177. The summed E-state index contributed by atoms with van der Waals surface area (Å²) < 4.78 is 5.67. The van der Waals surface area contributed by atoms with Gasteiger partial charge >= 0.3 is 0 Å². The van der Waals surface area contributed by atoms with Crippen LogP contribution in [-0.2, 0) is 11.2 Å². The largest absolute Gasteiger partial charge is 0.462 e. The fourth-order valence-corrected chi connectivity index (χ4v) is 1.64. The lowest BCUT2D eigenvalue weighted by atomic mass is 10.1. The molecule has 1 heterocycles. The monoisotopic (exact) mass is 218 g/mol. The van der Waals surface area contributed by atoms with E-state index in [9.17, 15) is 4.79 Å². The van der Waals surface area contributed by atoms with Crippen molar-refractivity contribution >= 4 is 5.91 Å². The average molecular weight is 218 g/mol. The maximum atomic E-state index is 11.0. The van der Waals surface area contributed by atoms with E-state index in [2.05, 4.69) is 5.43 Å². The Morgan fingerprint density at radius 3 is 3.06 bits per heavy atom. The van der Waals surface area contributed by atoms with Crippen LogP contribution in [0.1, 0.15) is 18.4 Å². The lowest BCUT2D eigenvalue weighted by Gasteiger charge is -2.17. The predicted molar refractivity (Wildman–Crippen MR) is 60.4 cm³/mol. The summed E-state index contributed by atoms with van der Waals surface area (Å²) in [6.45, 7) is 0. The van der Waals surface area contributed by atoms with Gasteiger partial charge in [-0.25, -0.2) is 5.84 Å². The van der Waals surface area contributed by atoms with Gasteiger partial charge in [0.25, 0.3) is 0 Å². The lowest BCUT2D eigenvalue weighted by molar-refractivity contribution is -0.121. The zero-order valence-electron chi connectivity index (χ0n) is 8.90. The van der Waals surface area contributed by atoms with Crippen molar-refractivity contribution in [1.82, 2.24) is 5.43 Å². The second kappa shape index (κ2) is 4.81. The van der Waals surface area contributed by atoms with Crippen LogP contribution < -0.4 is 16.0 Å². The van der Waals surface area contributed by atoms with Gasteiger partial charge in [0.2, 0.25) is 5.91 Å². The van der Waals surface area contributed by atoms with Crippen molar-refractivity contribution in [2.24, 2.45) is 5.84 Å². The van der Waals surface area contributed by atoms with E-state index < -0.39 is 0 Å². The first-order valence-electron chi connectivity index (χ1n) is 5.24. The molecule has 84 valence electrons. The third-order valence-corrected chi connectivity index (χ3v) is 2.52. The second-order valence-electron chi connectivity index (χ2n) is 3.65. The molecule has 1 aromatic rings. The van der Waals surface area contributed by atoms with Crippen molar-refractivity contribution in [3.8, 4) is 5.75 Å². The lowest BCUT2D eigenvalue weighted by Crippen LogP contribution is -2.29. The molecule has 2 rings (SSSR count). The standard InChI is InChI=1S/C12H14N2O2/c13-14-12(15)8-7-10-6-5-9-3-1-2-4-11(9)16-10/h1-4,6H,5,7-8,13H2,(H,14,15). The molecule has 0 saturated heterocycles. The van der Waals surface area contributed by atoms with Crippen LogP contribution in [0, 0.1) is 0 Å².